The van der Waals surface area contributed by atoms with Crippen molar-refractivity contribution in [3.05, 3.63) is 0 Å². The normalized spacial score (nSPS) is 14.6. The Morgan fingerprint density at radius 2 is 2.00 bits per heavy atom. The van der Waals surface area contributed by atoms with Gasteiger partial charge in [-0.2, -0.15) is 0 Å². The number of hydrogen-bond donors (Lipinski definition) is 1. The molecule has 15 heavy (non-hydrogen) atoms. The zero-order chi connectivity index (χ0) is 11.9. The Labute approximate surface area is 95.0 Å². The summed E-state index contributed by atoms with van der Waals surface area (Å²) >= 11 is 0. The van der Waals surface area contributed by atoms with E-state index >= 15 is 0 Å². The maximum atomic E-state index is 5.81. The predicted octanol–water partition coefficient (Wildman–Crippen LogP) is 1.86. The van der Waals surface area contributed by atoms with E-state index in [0.717, 1.165) is 13.0 Å². The van der Waals surface area contributed by atoms with Crippen LogP contribution in [0.1, 0.15) is 40.0 Å². The average molecular weight is 216 g/mol. The van der Waals surface area contributed by atoms with E-state index in [-0.39, 0.29) is 5.60 Å². The Morgan fingerprint density at radius 1 is 1.40 bits per heavy atom. The van der Waals surface area contributed by atoms with E-state index in [9.17, 15) is 0 Å². The molecule has 3 heteroatoms. The molecule has 0 aromatic rings. The highest BCUT2D eigenvalue weighted by atomic mass is 16.5. The second-order valence-electron chi connectivity index (χ2n) is 4.89. The molecule has 0 fully saturated rings. The van der Waals surface area contributed by atoms with Crippen molar-refractivity contribution in [2.45, 2.75) is 51.7 Å². The lowest BCUT2D eigenvalue weighted by Gasteiger charge is -2.33. The molecule has 1 unspecified atom stereocenters. The number of likely N-dealkylation sites (N-methyl/N-ethyl adjacent to an activating group) is 1. The Kier molecular flexibility index (Phi) is 7.14. The molecule has 0 amide bonds. The standard InChI is InChI=1S/C12H28N2O/c1-6-7-8-14(4)11(10-13)9-12(2,3)15-5/h11H,6-10,13H2,1-5H3. The lowest BCUT2D eigenvalue weighted by molar-refractivity contribution is -0.00457. The van der Waals surface area contributed by atoms with Gasteiger partial charge in [0.25, 0.3) is 0 Å². The monoisotopic (exact) mass is 216 g/mol. The largest absolute Gasteiger partial charge is 0.379 e. The molecule has 0 saturated carbocycles. The predicted molar refractivity (Wildman–Crippen MR) is 66.1 cm³/mol. The number of unbranched alkanes of at least 4 members (excludes halogenated alkanes) is 1. The van der Waals surface area contributed by atoms with Crippen LogP contribution >= 0.6 is 0 Å². The molecule has 0 heterocycles. The van der Waals surface area contributed by atoms with Crippen LogP contribution in [0.2, 0.25) is 0 Å². The first-order valence-corrected chi connectivity index (χ1v) is 5.92. The van der Waals surface area contributed by atoms with Gasteiger partial charge in [0.05, 0.1) is 5.60 Å². The fourth-order valence-corrected chi connectivity index (χ4v) is 1.66. The lowest BCUT2D eigenvalue weighted by Crippen LogP contribution is -2.43. The van der Waals surface area contributed by atoms with Gasteiger partial charge in [-0.05, 0) is 40.3 Å². The Bertz CT molecular complexity index is 160. The van der Waals surface area contributed by atoms with E-state index in [1.165, 1.54) is 12.8 Å². The van der Waals surface area contributed by atoms with Crippen molar-refractivity contribution in [1.82, 2.24) is 4.90 Å². The fourth-order valence-electron chi connectivity index (χ4n) is 1.66. The second-order valence-corrected chi connectivity index (χ2v) is 4.89. The van der Waals surface area contributed by atoms with Crippen molar-refractivity contribution < 1.29 is 4.74 Å². The molecular weight excluding hydrogens is 188 g/mol. The third-order valence-electron chi connectivity index (χ3n) is 3.04. The summed E-state index contributed by atoms with van der Waals surface area (Å²) in [6.07, 6.45) is 3.45. The molecule has 0 aliphatic carbocycles. The van der Waals surface area contributed by atoms with Crippen molar-refractivity contribution in [1.29, 1.82) is 0 Å². The number of hydrogen-bond acceptors (Lipinski definition) is 3. The first kappa shape index (κ1) is 14.9. The number of nitrogens with two attached hydrogens (primary N) is 1. The van der Waals surface area contributed by atoms with Gasteiger partial charge >= 0.3 is 0 Å². The highest BCUT2D eigenvalue weighted by Gasteiger charge is 2.24. The summed E-state index contributed by atoms with van der Waals surface area (Å²) in [5.74, 6) is 0. The van der Waals surface area contributed by atoms with Crippen LogP contribution in [0, 0.1) is 0 Å². The van der Waals surface area contributed by atoms with Crippen LogP contribution < -0.4 is 5.73 Å². The van der Waals surface area contributed by atoms with Crippen LogP contribution in [0.15, 0.2) is 0 Å². The Morgan fingerprint density at radius 3 is 2.40 bits per heavy atom. The minimum absolute atomic E-state index is 0.0789. The summed E-state index contributed by atoms with van der Waals surface area (Å²) in [7, 11) is 3.92. The summed E-state index contributed by atoms with van der Waals surface area (Å²) in [6.45, 7) is 8.27. The topological polar surface area (TPSA) is 38.5 Å². The van der Waals surface area contributed by atoms with Gasteiger partial charge in [-0.15, -0.1) is 0 Å². The van der Waals surface area contributed by atoms with Gasteiger partial charge in [0.1, 0.15) is 0 Å². The van der Waals surface area contributed by atoms with Crippen LogP contribution in [0.3, 0.4) is 0 Å². The third kappa shape index (κ3) is 6.13. The van der Waals surface area contributed by atoms with Crippen molar-refractivity contribution in [3.63, 3.8) is 0 Å². The van der Waals surface area contributed by atoms with Gasteiger partial charge in [0.2, 0.25) is 0 Å². The molecule has 1 atom stereocenters. The van der Waals surface area contributed by atoms with E-state index in [0.29, 0.717) is 12.6 Å². The summed E-state index contributed by atoms with van der Waals surface area (Å²) in [5.41, 5.74) is 5.73. The highest BCUT2D eigenvalue weighted by molar-refractivity contribution is 4.79. The lowest BCUT2D eigenvalue weighted by atomic mass is 9.98. The molecule has 0 radical (unpaired) electrons. The van der Waals surface area contributed by atoms with Crippen LogP contribution in [0.4, 0.5) is 0 Å². The fraction of sp³-hybridized carbons (Fsp3) is 1.00. The van der Waals surface area contributed by atoms with E-state index in [1.54, 1.807) is 7.11 Å². The highest BCUT2D eigenvalue weighted by Crippen LogP contribution is 2.18. The molecule has 2 N–H and O–H groups in total. The van der Waals surface area contributed by atoms with Gasteiger partial charge in [-0.1, -0.05) is 13.3 Å². The first-order valence-electron chi connectivity index (χ1n) is 5.92. The molecule has 0 spiro atoms. The van der Waals surface area contributed by atoms with Crippen molar-refractivity contribution >= 4 is 0 Å². The van der Waals surface area contributed by atoms with Gasteiger partial charge in [-0.25, -0.2) is 0 Å². The SMILES string of the molecule is CCCCN(C)C(CN)CC(C)(C)OC. The smallest absolute Gasteiger partial charge is 0.0638 e. The van der Waals surface area contributed by atoms with E-state index in [2.05, 4.69) is 32.7 Å². The molecule has 0 bridgehead atoms. The van der Waals surface area contributed by atoms with Crippen molar-refractivity contribution in [2.24, 2.45) is 5.73 Å². The molecular formula is C12H28N2O. The molecule has 0 saturated heterocycles. The summed E-state index contributed by atoms with van der Waals surface area (Å²) in [6, 6.07) is 0.423. The van der Waals surface area contributed by atoms with Crippen LogP contribution in [-0.2, 0) is 4.74 Å². The molecule has 3 nitrogen and oxygen atoms in total. The second kappa shape index (κ2) is 7.20. The van der Waals surface area contributed by atoms with Crippen molar-refractivity contribution in [2.75, 3.05) is 27.2 Å². The molecule has 0 aliphatic heterocycles. The molecule has 0 aliphatic rings. The quantitative estimate of drug-likeness (QED) is 0.673. The molecule has 0 aromatic heterocycles. The van der Waals surface area contributed by atoms with Gasteiger partial charge in [0, 0.05) is 19.7 Å². The van der Waals surface area contributed by atoms with Crippen LogP contribution in [0.5, 0.6) is 0 Å². The minimum Gasteiger partial charge on any atom is -0.379 e. The molecule has 0 aromatic carbocycles. The maximum Gasteiger partial charge on any atom is 0.0638 e. The summed E-state index contributed by atoms with van der Waals surface area (Å²) < 4.78 is 5.44. The number of ether oxygens (including phenoxy) is 1. The number of nitrogens with zero attached hydrogens (tertiary/aromatic N) is 1. The molecule has 0 rings (SSSR count). The number of methoxy groups -OCH3 is 1. The van der Waals surface area contributed by atoms with E-state index in [4.69, 9.17) is 10.5 Å². The average Bonchev–Trinajstić information content (AvgIpc) is 2.22. The minimum atomic E-state index is -0.0789. The third-order valence-corrected chi connectivity index (χ3v) is 3.04. The van der Waals surface area contributed by atoms with Gasteiger partial charge in [0.15, 0.2) is 0 Å². The number of rotatable bonds is 8. The zero-order valence-electron chi connectivity index (χ0n) is 11.0. The zero-order valence-corrected chi connectivity index (χ0v) is 11.0. The van der Waals surface area contributed by atoms with Crippen LogP contribution in [0.25, 0.3) is 0 Å². The summed E-state index contributed by atoms with van der Waals surface area (Å²) in [5, 5.41) is 0. The first-order chi connectivity index (χ1) is 6.96. The van der Waals surface area contributed by atoms with Crippen molar-refractivity contribution in [3.8, 4) is 0 Å². The van der Waals surface area contributed by atoms with E-state index in [1.807, 2.05) is 0 Å². The Hall–Kier alpha value is -0.120. The van der Waals surface area contributed by atoms with Gasteiger partial charge in [-0.3, -0.25) is 0 Å². The van der Waals surface area contributed by atoms with E-state index < -0.39 is 0 Å². The maximum absolute atomic E-state index is 5.81. The van der Waals surface area contributed by atoms with Crippen LogP contribution in [-0.4, -0.2) is 43.8 Å². The van der Waals surface area contributed by atoms with Gasteiger partial charge < -0.3 is 15.4 Å². The Balaban J connectivity index is 4.11. The molecule has 92 valence electrons. The summed E-state index contributed by atoms with van der Waals surface area (Å²) in [4.78, 5) is 2.35.